The van der Waals surface area contributed by atoms with E-state index < -0.39 is 23.4 Å². The lowest BCUT2D eigenvalue weighted by Crippen LogP contribution is -2.36. The topological polar surface area (TPSA) is 50.4 Å². The Kier molecular flexibility index (Phi) is 7.01. The summed E-state index contributed by atoms with van der Waals surface area (Å²) in [5, 5.41) is 7.60. The number of hydrogen-bond acceptors (Lipinski definition) is 3. The first-order valence-electron chi connectivity index (χ1n) is 10.5. The van der Waals surface area contributed by atoms with E-state index in [2.05, 4.69) is 17.2 Å². The maximum absolute atomic E-state index is 12.9. The van der Waals surface area contributed by atoms with Crippen LogP contribution < -0.4 is 10.6 Å². The highest BCUT2D eigenvalue weighted by Crippen LogP contribution is 2.34. The zero-order chi connectivity index (χ0) is 24.2. The highest BCUT2D eigenvalue weighted by molar-refractivity contribution is 5.98. The Labute approximate surface area is 191 Å². The standard InChI is InChI=1S/C26H27F3N2O2/c1-17(31-24(32)33-25(2,3)4)30-16-15-18-7-5-10-23-21(18)8-6-9-22(23)19-11-13-20(14-12-19)26(27,28)29/h5-14,30H,1,15-16H2,2-4H3,(H,31,32). The normalized spacial score (nSPS) is 11.8. The van der Waals surface area contributed by atoms with E-state index in [4.69, 9.17) is 4.74 Å². The highest BCUT2D eigenvalue weighted by Gasteiger charge is 2.30. The summed E-state index contributed by atoms with van der Waals surface area (Å²) >= 11 is 0. The van der Waals surface area contributed by atoms with E-state index in [0.29, 0.717) is 18.8 Å². The van der Waals surface area contributed by atoms with Crippen LogP contribution in [-0.2, 0) is 17.3 Å². The molecular formula is C26H27F3N2O2. The van der Waals surface area contributed by atoms with Crippen LogP contribution >= 0.6 is 0 Å². The number of alkyl carbamates (subject to hydrolysis) is 1. The van der Waals surface area contributed by atoms with Gasteiger partial charge < -0.3 is 10.1 Å². The molecule has 0 spiro atoms. The number of carbonyl (C=O) groups is 1. The maximum atomic E-state index is 12.9. The number of hydrogen-bond donors (Lipinski definition) is 2. The highest BCUT2D eigenvalue weighted by atomic mass is 19.4. The third-order valence-corrected chi connectivity index (χ3v) is 4.92. The first kappa shape index (κ1) is 24.2. The van der Waals surface area contributed by atoms with Gasteiger partial charge in [-0.15, -0.1) is 0 Å². The van der Waals surface area contributed by atoms with Gasteiger partial charge in [-0.05, 0) is 66.8 Å². The van der Waals surface area contributed by atoms with Crippen LogP contribution in [0.25, 0.3) is 21.9 Å². The van der Waals surface area contributed by atoms with Gasteiger partial charge in [0.25, 0.3) is 0 Å². The molecule has 2 N–H and O–H groups in total. The molecule has 3 aromatic carbocycles. The second kappa shape index (κ2) is 9.57. The van der Waals surface area contributed by atoms with Crippen molar-refractivity contribution in [2.45, 2.75) is 39.0 Å². The van der Waals surface area contributed by atoms with Crippen LogP contribution in [0.3, 0.4) is 0 Å². The molecule has 0 unspecified atom stereocenters. The van der Waals surface area contributed by atoms with Crippen molar-refractivity contribution in [3.05, 3.63) is 84.2 Å². The predicted octanol–water partition coefficient (Wildman–Crippen LogP) is 6.65. The summed E-state index contributed by atoms with van der Waals surface area (Å²) in [4.78, 5) is 11.8. The molecule has 0 fully saturated rings. The van der Waals surface area contributed by atoms with Gasteiger partial charge in [-0.3, -0.25) is 5.32 Å². The lowest BCUT2D eigenvalue weighted by Gasteiger charge is -2.20. The second-order valence-corrected chi connectivity index (χ2v) is 8.68. The number of alkyl halides is 3. The van der Waals surface area contributed by atoms with Crippen molar-refractivity contribution >= 4 is 16.9 Å². The van der Waals surface area contributed by atoms with E-state index in [0.717, 1.165) is 39.6 Å². The molecule has 0 radical (unpaired) electrons. The molecule has 0 atom stereocenters. The molecule has 0 aromatic heterocycles. The van der Waals surface area contributed by atoms with Crippen LogP contribution in [0.5, 0.6) is 0 Å². The monoisotopic (exact) mass is 456 g/mol. The molecule has 0 bridgehead atoms. The van der Waals surface area contributed by atoms with Crippen molar-refractivity contribution in [1.82, 2.24) is 10.6 Å². The number of nitrogens with one attached hydrogen (secondary N) is 2. The van der Waals surface area contributed by atoms with E-state index in [1.807, 2.05) is 36.4 Å². The molecule has 33 heavy (non-hydrogen) atoms. The Morgan fingerprint density at radius 3 is 2.21 bits per heavy atom. The minimum atomic E-state index is -4.36. The largest absolute Gasteiger partial charge is 0.444 e. The first-order chi connectivity index (χ1) is 15.4. The molecule has 0 aliphatic heterocycles. The van der Waals surface area contributed by atoms with Crippen LogP contribution in [0.2, 0.25) is 0 Å². The quantitative estimate of drug-likeness (QED) is 0.436. The zero-order valence-corrected chi connectivity index (χ0v) is 18.8. The fourth-order valence-electron chi connectivity index (χ4n) is 3.50. The van der Waals surface area contributed by atoms with Crippen LogP contribution in [0.1, 0.15) is 31.9 Å². The smallest absolute Gasteiger partial charge is 0.416 e. The molecule has 4 nitrogen and oxygen atoms in total. The molecule has 0 heterocycles. The average molecular weight is 457 g/mol. The van der Waals surface area contributed by atoms with Crippen LogP contribution in [0.4, 0.5) is 18.0 Å². The number of rotatable bonds is 6. The molecule has 0 saturated heterocycles. The van der Waals surface area contributed by atoms with E-state index >= 15 is 0 Å². The van der Waals surface area contributed by atoms with Gasteiger partial charge in [0.15, 0.2) is 0 Å². The van der Waals surface area contributed by atoms with E-state index in [-0.39, 0.29) is 0 Å². The van der Waals surface area contributed by atoms with Gasteiger partial charge in [0.1, 0.15) is 11.4 Å². The molecule has 174 valence electrons. The van der Waals surface area contributed by atoms with Crippen molar-refractivity contribution in [3.8, 4) is 11.1 Å². The molecule has 3 aromatic rings. The number of carbonyl (C=O) groups excluding carboxylic acids is 1. The van der Waals surface area contributed by atoms with Gasteiger partial charge in [0, 0.05) is 6.54 Å². The number of amides is 1. The molecule has 3 rings (SSSR count). The molecule has 1 amide bonds. The van der Waals surface area contributed by atoms with Gasteiger partial charge in [0.05, 0.1) is 5.56 Å². The van der Waals surface area contributed by atoms with Crippen molar-refractivity contribution in [2.75, 3.05) is 6.54 Å². The Morgan fingerprint density at radius 1 is 0.939 bits per heavy atom. The summed E-state index contributed by atoms with van der Waals surface area (Å²) in [6.45, 7) is 9.66. The van der Waals surface area contributed by atoms with Crippen LogP contribution in [0, 0.1) is 0 Å². The molecule has 0 aliphatic rings. The van der Waals surface area contributed by atoms with Crippen molar-refractivity contribution < 1.29 is 22.7 Å². The summed E-state index contributed by atoms with van der Waals surface area (Å²) in [5.41, 5.74) is 1.39. The Morgan fingerprint density at radius 2 is 1.58 bits per heavy atom. The Hall–Kier alpha value is -3.48. The fourth-order valence-corrected chi connectivity index (χ4v) is 3.50. The minimum absolute atomic E-state index is 0.343. The van der Waals surface area contributed by atoms with Crippen LogP contribution in [0.15, 0.2) is 73.1 Å². The predicted molar refractivity (Wildman–Crippen MR) is 125 cm³/mol. The van der Waals surface area contributed by atoms with Crippen molar-refractivity contribution in [2.24, 2.45) is 0 Å². The van der Waals surface area contributed by atoms with Gasteiger partial charge in [-0.1, -0.05) is 55.1 Å². The third-order valence-electron chi connectivity index (χ3n) is 4.92. The van der Waals surface area contributed by atoms with E-state index in [1.54, 1.807) is 20.8 Å². The van der Waals surface area contributed by atoms with Gasteiger partial charge in [-0.25, -0.2) is 4.79 Å². The van der Waals surface area contributed by atoms with Gasteiger partial charge >= 0.3 is 12.3 Å². The first-order valence-corrected chi connectivity index (χ1v) is 10.5. The minimum Gasteiger partial charge on any atom is -0.444 e. The van der Waals surface area contributed by atoms with Crippen LogP contribution in [-0.4, -0.2) is 18.2 Å². The van der Waals surface area contributed by atoms with Gasteiger partial charge in [-0.2, -0.15) is 13.2 Å². The number of fused-ring (bicyclic) bond motifs is 1. The van der Waals surface area contributed by atoms with Crippen molar-refractivity contribution in [3.63, 3.8) is 0 Å². The molecular weight excluding hydrogens is 429 g/mol. The number of benzene rings is 3. The SMILES string of the molecule is C=C(NCCc1cccc2c(-c3ccc(C(F)(F)F)cc3)cccc12)NC(=O)OC(C)(C)C. The van der Waals surface area contributed by atoms with Gasteiger partial charge in [0.2, 0.25) is 0 Å². The summed E-state index contributed by atoms with van der Waals surface area (Å²) in [6, 6.07) is 16.9. The summed E-state index contributed by atoms with van der Waals surface area (Å²) in [5.74, 6) is 0.343. The lowest BCUT2D eigenvalue weighted by atomic mass is 9.94. The molecule has 0 saturated carbocycles. The molecule has 7 heteroatoms. The average Bonchev–Trinajstić information content (AvgIpc) is 2.71. The second-order valence-electron chi connectivity index (χ2n) is 8.68. The fraction of sp³-hybridized carbons (Fsp3) is 0.269. The summed E-state index contributed by atoms with van der Waals surface area (Å²) in [7, 11) is 0. The maximum Gasteiger partial charge on any atom is 0.416 e. The third kappa shape index (κ3) is 6.51. The van der Waals surface area contributed by atoms with E-state index in [1.165, 1.54) is 12.1 Å². The molecule has 0 aliphatic carbocycles. The number of ether oxygens (including phenoxy) is 1. The Bertz CT molecular complexity index is 1150. The number of halogens is 3. The summed E-state index contributed by atoms with van der Waals surface area (Å²) < 4.78 is 43.9. The zero-order valence-electron chi connectivity index (χ0n) is 18.8. The summed E-state index contributed by atoms with van der Waals surface area (Å²) in [6.07, 6.45) is -4.28. The van der Waals surface area contributed by atoms with E-state index in [9.17, 15) is 18.0 Å². The Balaban J connectivity index is 1.72. The lowest BCUT2D eigenvalue weighted by molar-refractivity contribution is -0.137. The van der Waals surface area contributed by atoms with Crippen molar-refractivity contribution in [1.29, 1.82) is 0 Å².